The Morgan fingerprint density at radius 1 is 0.815 bits per heavy atom. The fourth-order valence-electron chi connectivity index (χ4n) is 2.31. The van der Waals surface area contributed by atoms with Gasteiger partial charge in [-0.05, 0) is 48.0 Å². The van der Waals surface area contributed by atoms with Crippen LogP contribution < -0.4 is 10.6 Å². The van der Waals surface area contributed by atoms with Gasteiger partial charge in [0.1, 0.15) is 11.6 Å². The molecule has 2 amide bonds. The maximum atomic E-state index is 12.9. The maximum Gasteiger partial charge on any atom is 0.257 e. The number of hydrogen-bond acceptors (Lipinski definition) is 3. The van der Waals surface area contributed by atoms with Gasteiger partial charge in [0.05, 0.1) is 11.1 Å². The monoisotopic (exact) mass is 367 g/mol. The molecule has 0 unspecified atom stereocenters. The Kier molecular flexibility index (Phi) is 5.51. The molecular formula is C20H15F2N3O2. The molecule has 0 bridgehead atoms. The van der Waals surface area contributed by atoms with Gasteiger partial charge in [-0.1, -0.05) is 12.1 Å². The van der Waals surface area contributed by atoms with Crippen LogP contribution in [0.5, 0.6) is 0 Å². The van der Waals surface area contributed by atoms with Crippen LogP contribution in [0.1, 0.15) is 26.3 Å². The second kappa shape index (κ2) is 8.18. The van der Waals surface area contributed by atoms with Crippen LogP contribution in [0.25, 0.3) is 0 Å². The van der Waals surface area contributed by atoms with Crippen LogP contribution in [-0.4, -0.2) is 16.8 Å². The smallest absolute Gasteiger partial charge is 0.257 e. The lowest BCUT2D eigenvalue weighted by atomic mass is 10.1. The van der Waals surface area contributed by atoms with Gasteiger partial charge in [0.25, 0.3) is 11.8 Å². The summed E-state index contributed by atoms with van der Waals surface area (Å²) in [6.07, 6.45) is 2.67. The molecule has 0 saturated carbocycles. The third-order valence-electron chi connectivity index (χ3n) is 3.73. The lowest BCUT2D eigenvalue weighted by molar-refractivity contribution is 0.0950. The third kappa shape index (κ3) is 4.94. The number of halogens is 2. The molecule has 0 atom stereocenters. The molecule has 7 heteroatoms. The van der Waals surface area contributed by atoms with Gasteiger partial charge in [0.15, 0.2) is 0 Å². The number of hydrogen-bond donors (Lipinski definition) is 2. The zero-order valence-corrected chi connectivity index (χ0v) is 14.1. The van der Waals surface area contributed by atoms with E-state index in [0.29, 0.717) is 5.69 Å². The molecule has 0 aliphatic rings. The number of aromatic nitrogens is 1. The lowest BCUT2D eigenvalue weighted by Gasteiger charge is -2.08. The summed E-state index contributed by atoms with van der Waals surface area (Å²) in [4.78, 5) is 28.4. The van der Waals surface area contributed by atoms with Crippen molar-refractivity contribution in [2.75, 3.05) is 5.32 Å². The van der Waals surface area contributed by atoms with E-state index >= 15 is 0 Å². The Labute approximate surface area is 154 Å². The second-order valence-corrected chi connectivity index (χ2v) is 5.73. The van der Waals surface area contributed by atoms with Crippen LogP contribution in [0.2, 0.25) is 0 Å². The average molecular weight is 367 g/mol. The normalized spacial score (nSPS) is 10.3. The number of pyridine rings is 1. The molecule has 1 aromatic heterocycles. The summed E-state index contributed by atoms with van der Waals surface area (Å²) in [7, 11) is 0. The SMILES string of the molecule is O=C(NCc1ccc(F)cc1)c1cncc(C(=O)Nc2ccc(F)cc2)c1. The number of amides is 2. The number of nitrogens with one attached hydrogen (secondary N) is 2. The van der Waals surface area contributed by atoms with Gasteiger partial charge < -0.3 is 10.6 Å². The molecule has 136 valence electrons. The van der Waals surface area contributed by atoms with Gasteiger partial charge in [-0.2, -0.15) is 0 Å². The molecule has 1 heterocycles. The van der Waals surface area contributed by atoms with E-state index < -0.39 is 17.6 Å². The predicted octanol–water partition coefficient (Wildman–Crippen LogP) is 3.54. The summed E-state index contributed by atoms with van der Waals surface area (Å²) < 4.78 is 25.8. The Balaban J connectivity index is 1.65. The molecule has 2 aromatic carbocycles. The molecule has 0 fully saturated rings. The van der Waals surface area contributed by atoms with Crippen molar-refractivity contribution < 1.29 is 18.4 Å². The van der Waals surface area contributed by atoms with Crippen molar-refractivity contribution in [1.29, 1.82) is 0 Å². The van der Waals surface area contributed by atoms with Crippen LogP contribution in [0.4, 0.5) is 14.5 Å². The molecular weight excluding hydrogens is 352 g/mol. The fourth-order valence-corrected chi connectivity index (χ4v) is 2.31. The third-order valence-corrected chi connectivity index (χ3v) is 3.73. The van der Waals surface area contributed by atoms with Gasteiger partial charge in [-0.15, -0.1) is 0 Å². The highest BCUT2D eigenvalue weighted by Crippen LogP contribution is 2.11. The number of benzene rings is 2. The van der Waals surface area contributed by atoms with Gasteiger partial charge in [-0.3, -0.25) is 14.6 Å². The summed E-state index contributed by atoms with van der Waals surface area (Å²) in [5.74, 6) is -1.64. The van der Waals surface area contributed by atoms with Crippen molar-refractivity contribution in [3.05, 3.63) is 95.3 Å². The second-order valence-electron chi connectivity index (χ2n) is 5.73. The van der Waals surface area contributed by atoms with Crippen molar-refractivity contribution in [1.82, 2.24) is 10.3 Å². The van der Waals surface area contributed by atoms with E-state index in [2.05, 4.69) is 15.6 Å². The first kappa shape index (κ1) is 18.2. The molecule has 0 spiro atoms. The van der Waals surface area contributed by atoms with E-state index in [4.69, 9.17) is 0 Å². The summed E-state index contributed by atoms with van der Waals surface area (Å²) in [6, 6.07) is 12.5. The Bertz CT molecular complexity index is 958. The average Bonchev–Trinajstić information content (AvgIpc) is 2.69. The molecule has 0 aliphatic carbocycles. The summed E-state index contributed by atoms with van der Waals surface area (Å²) >= 11 is 0. The quantitative estimate of drug-likeness (QED) is 0.725. The van der Waals surface area contributed by atoms with Crippen molar-refractivity contribution in [3.63, 3.8) is 0 Å². The lowest BCUT2D eigenvalue weighted by Crippen LogP contribution is -2.23. The first-order chi connectivity index (χ1) is 13.0. The zero-order chi connectivity index (χ0) is 19.2. The van der Waals surface area contributed by atoms with Gasteiger partial charge in [0, 0.05) is 24.6 Å². The van der Waals surface area contributed by atoms with Gasteiger partial charge in [-0.25, -0.2) is 8.78 Å². The highest BCUT2D eigenvalue weighted by molar-refractivity contribution is 6.05. The van der Waals surface area contributed by atoms with E-state index in [1.54, 1.807) is 12.1 Å². The highest BCUT2D eigenvalue weighted by atomic mass is 19.1. The van der Waals surface area contributed by atoms with Crippen LogP contribution in [0, 0.1) is 11.6 Å². The molecule has 5 nitrogen and oxygen atoms in total. The molecule has 0 radical (unpaired) electrons. The minimum absolute atomic E-state index is 0.189. The van der Waals surface area contributed by atoms with E-state index in [1.807, 2.05) is 0 Å². The molecule has 2 N–H and O–H groups in total. The van der Waals surface area contributed by atoms with Crippen molar-refractivity contribution in [2.24, 2.45) is 0 Å². The van der Waals surface area contributed by atoms with Crippen molar-refractivity contribution in [3.8, 4) is 0 Å². The van der Waals surface area contributed by atoms with Gasteiger partial charge in [0.2, 0.25) is 0 Å². The number of carbonyl (C=O) groups is 2. The summed E-state index contributed by atoms with van der Waals surface area (Å²) in [5, 5.41) is 5.28. The Morgan fingerprint density at radius 2 is 1.37 bits per heavy atom. The van der Waals surface area contributed by atoms with Gasteiger partial charge >= 0.3 is 0 Å². The van der Waals surface area contributed by atoms with E-state index in [0.717, 1.165) is 5.56 Å². The first-order valence-corrected chi connectivity index (χ1v) is 8.06. The maximum absolute atomic E-state index is 12.9. The molecule has 0 aliphatic heterocycles. The van der Waals surface area contributed by atoms with Crippen LogP contribution >= 0.6 is 0 Å². The van der Waals surface area contributed by atoms with E-state index in [9.17, 15) is 18.4 Å². The molecule has 3 rings (SSSR count). The minimum Gasteiger partial charge on any atom is -0.348 e. The summed E-state index contributed by atoms with van der Waals surface area (Å²) in [5.41, 5.74) is 1.56. The topological polar surface area (TPSA) is 71.1 Å². The van der Waals surface area contributed by atoms with Crippen LogP contribution in [0.15, 0.2) is 67.0 Å². The number of nitrogens with zero attached hydrogens (tertiary/aromatic N) is 1. The molecule has 27 heavy (non-hydrogen) atoms. The standard InChI is InChI=1S/C20H15F2N3O2/c21-16-3-1-13(2-4-16)10-24-19(26)14-9-15(12-23-11-14)20(27)25-18-7-5-17(22)6-8-18/h1-9,11-12H,10H2,(H,24,26)(H,25,27). The number of anilines is 1. The molecule has 3 aromatic rings. The van der Waals surface area contributed by atoms with E-state index in [-0.39, 0.29) is 23.5 Å². The Hall–Kier alpha value is -3.61. The van der Waals surface area contributed by atoms with Crippen molar-refractivity contribution in [2.45, 2.75) is 6.54 Å². The van der Waals surface area contributed by atoms with E-state index in [1.165, 1.54) is 54.9 Å². The largest absolute Gasteiger partial charge is 0.348 e. The fraction of sp³-hybridized carbons (Fsp3) is 0.0500. The summed E-state index contributed by atoms with van der Waals surface area (Å²) in [6.45, 7) is 0.213. The predicted molar refractivity (Wildman–Crippen MR) is 96.2 cm³/mol. The minimum atomic E-state index is -0.470. The first-order valence-electron chi connectivity index (χ1n) is 8.06. The number of carbonyl (C=O) groups excluding carboxylic acids is 2. The van der Waals surface area contributed by atoms with Crippen LogP contribution in [0.3, 0.4) is 0 Å². The van der Waals surface area contributed by atoms with Crippen molar-refractivity contribution >= 4 is 17.5 Å². The Morgan fingerprint density at radius 3 is 2.00 bits per heavy atom. The van der Waals surface area contributed by atoms with Crippen LogP contribution in [-0.2, 0) is 6.54 Å². The zero-order valence-electron chi connectivity index (χ0n) is 14.1. The highest BCUT2D eigenvalue weighted by Gasteiger charge is 2.12. The molecule has 0 saturated heterocycles. The number of rotatable bonds is 5.